The van der Waals surface area contributed by atoms with E-state index in [4.69, 9.17) is 5.73 Å². The van der Waals surface area contributed by atoms with Gasteiger partial charge in [0.25, 0.3) is 0 Å². The quantitative estimate of drug-likeness (QED) is 0.0576. The Morgan fingerprint density at radius 1 is 0.583 bits per heavy atom. The number of hydrogen-bond donors (Lipinski definition) is 5. The predicted molar refractivity (Wildman–Crippen MR) is 201 cm³/mol. The number of ketones is 2. The van der Waals surface area contributed by atoms with Crippen LogP contribution in [0.1, 0.15) is 172 Å². The summed E-state index contributed by atoms with van der Waals surface area (Å²) in [6.45, 7) is 23.5. The molecule has 0 aliphatic heterocycles. The number of unbranched alkanes of at least 4 members (excludes halogenated alkanes) is 8. The molecule has 6 N–H and O–H groups in total. The average Bonchev–Trinajstić information content (AvgIpc) is 3.00. The van der Waals surface area contributed by atoms with Gasteiger partial charge in [0.1, 0.15) is 0 Å². The van der Waals surface area contributed by atoms with Crippen LogP contribution in [0, 0.1) is 10.8 Å². The van der Waals surface area contributed by atoms with Crippen LogP contribution in [0.2, 0.25) is 0 Å². The molecule has 0 aromatic rings. The lowest BCUT2D eigenvalue weighted by Crippen LogP contribution is -2.64. The molecular weight excluding hydrogens is 602 g/mol. The summed E-state index contributed by atoms with van der Waals surface area (Å²) in [4.78, 5) is 53.6. The first kappa shape index (κ1) is 46.2. The lowest BCUT2D eigenvalue weighted by Gasteiger charge is -2.46. The van der Waals surface area contributed by atoms with Crippen molar-refractivity contribution in [3.8, 4) is 0 Å². The summed E-state index contributed by atoms with van der Waals surface area (Å²) in [6, 6.07) is -1.16. The highest BCUT2D eigenvalue weighted by molar-refractivity contribution is 5.92. The van der Waals surface area contributed by atoms with E-state index in [2.05, 4.69) is 49.0 Å². The van der Waals surface area contributed by atoms with E-state index in [9.17, 15) is 19.2 Å². The largest absolute Gasteiger partial charge is 0.356 e. The Kier molecular flexibility index (Phi) is 21.9. The Hall–Kier alpha value is -1.84. The zero-order chi connectivity index (χ0) is 37.0. The number of amides is 2. The number of rotatable bonds is 28. The van der Waals surface area contributed by atoms with E-state index in [1.54, 1.807) is 0 Å². The standard InChI is InChI=1S/C39H77N5O4/c1-12-14-16-18-19-21-28-41-32(45)24-22-30(34(47)36(3,4)5)44-39(10,11)38(8,9)35(48)31(23-25-33(46)42-29-27-40)43-37(6,7)26-20-17-15-13-2/h30-31,43-44H,12-29,40H2,1-11H3,(H,41,45)(H,42,46). The average molecular weight is 680 g/mol. The van der Waals surface area contributed by atoms with Gasteiger partial charge in [-0.1, -0.05) is 106 Å². The highest BCUT2D eigenvalue weighted by Crippen LogP contribution is 2.36. The van der Waals surface area contributed by atoms with E-state index in [0.29, 0.717) is 32.5 Å². The van der Waals surface area contributed by atoms with Crippen LogP contribution in [-0.2, 0) is 19.2 Å². The van der Waals surface area contributed by atoms with Gasteiger partial charge in [0, 0.05) is 54.4 Å². The molecule has 0 rings (SSSR count). The highest BCUT2D eigenvalue weighted by Gasteiger charge is 2.48. The molecule has 2 amide bonds. The van der Waals surface area contributed by atoms with Crippen molar-refractivity contribution < 1.29 is 19.2 Å². The summed E-state index contributed by atoms with van der Waals surface area (Å²) in [5.41, 5.74) is 2.92. The van der Waals surface area contributed by atoms with Crippen LogP contribution in [0.5, 0.6) is 0 Å². The Morgan fingerprint density at radius 2 is 1.04 bits per heavy atom. The highest BCUT2D eigenvalue weighted by atomic mass is 16.2. The monoisotopic (exact) mass is 680 g/mol. The molecule has 9 nitrogen and oxygen atoms in total. The van der Waals surface area contributed by atoms with Crippen molar-refractivity contribution in [2.24, 2.45) is 16.6 Å². The SMILES string of the molecule is CCCCCCCCNC(=O)CCC(NC(C)(C)C(C)(C)C(=O)C(CCC(=O)NCCN)NC(C)(C)CCCCCC)C(=O)C(C)(C)C. The minimum atomic E-state index is -0.923. The summed E-state index contributed by atoms with van der Waals surface area (Å²) in [5.74, 6) is -0.168. The van der Waals surface area contributed by atoms with Crippen LogP contribution in [0.15, 0.2) is 0 Å². The van der Waals surface area contributed by atoms with Crippen LogP contribution in [-0.4, -0.2) is 66.2 Å². The van der Waals surface area contributed by atoms with Crippen LogP contribution in [0.3, 0.4) is 0 Å². The number of carbonyl (C=O) groups is 4. The van der Waals surface area contributed by atoms with Crippen molar-refractivity contribution >= 4 is 23.4 Å². The smallest absolute Gasteiger partial charge is 0.220 e. The number of nitrogens with two attached hydrogens (primary N) is 1. The summed E-state index contributed by atoms with van der Waals surface area (Å²) >= 11 is 0. The van der Waals surface area contributed by atoms with Crippen molar-refractivity contribution in [3.63, 3.8) is 0 Å². The first-order valence-electron chi connectivity index (χ1n) is 19.1. The summed E-state index contributed by atoms with van der Waals surface area (Å²) in [7, 11) is 0. The molecule has 0 radical (unpaired) electrons. The molecule has 0 saturated heterocycles. The third-order valence-electron chi connectivity index (χ3n) is 9.95. The van der Waals surface area contributed by atoms with Gasteiger partial charge in [0.05, 0.1) is 12.1 Å². The van der Waals surface area contributed by atoms with Gasteiger partial charge in [-0.15, -0.1) is 0 Å². The maximum atomic E-state index is 14.5. The number of hydrogen-bond acceptors (Lipinski definition) is 7. The first-order chi connectivity index (χ1) is 22.3. The molecule has 0 aromatic carbocycles. The summed E-state index contributed by atoms with van der Waals surface area (Å²) < 4.78 is 0. The van der Waals surface area contributed by atoms with Gasteiger partial charge in [-0.2, -0.15) is 0 Å². The van der Waals surface area contributed by atoms with E-state index >= 15 is 0 Å². The second-order valence-corrected chi connectivity index (χ2v) is 16.7. The van der Waals surface area contributed by atoms with Gasteiger partial charge in [-0.25, -0.2) is 0 Å². The zero-order valence-electron chi connectivity index (χ0n) is 33.1. The summed E-state index contributed by atoms with van der Waals surface area (Å²) in [6.07, 6.45) is 13.6. The molecule has 48 heavy (non-hydrogen) atoms. The molecule has 0 fully saturated rings. The predicted octanol–water partition coefficient (Wildman–Crippen LogP) is 6.75. The molecule has 0 spiro atoms. The van der Waals surface area contributed by atoms with Crippen LogP contribution in [0.25, 0.3) is 0 Å². The second kappa shape index (κ2) is 22.8. The minimum Gasteiger partial charge on any atom is -0.356 e. The minimum absolute atomic E-state index is 0.00750. The van der Waals surface area contributed by atoms with Gasteiger partial charge >= 0.3 is 0 Å². The molecule has 0 saturated carbocycles. The van der Waals surface area contributed by atoms with Crippen molar-refractivity contribution in [1.82, 2.24) is 21.3 Å². The molecule has 0 aromatic heterocycles. The Morgan fingerprint density at radius 3 is 1.54 bits per heavy atom. The molecule has 0 heterocycles. The molecule has 0 bridgehead atoms. The first-order valence-corrected chi connectivity index (χ1v) is 19.1. The molecule has 9 heteroatoms. The molecule has 282 valence electrons. The van der Waals surface area contributed by atoms with Gasteiger partial charge in [0.15, 0.2) is 11.6 Å². The molecule has 0 aliphatic rings. The molecule has 0 aliphatic carbocycles. The van der Waals surface area contributed by atoms with Gasteiger partial charge < -0.3 is 27.0 Å². The van der Waals surface area contributed by atoms with E-state index in [-0.39, 0.29) is 41.8 Å². The van der Waals surface area contributed by atoms with Crippen molar-refractivity contribution in [3.05, 3.63) is 0 Å². The number of Topliss-reactive ketones (excluding diaryl/α,β-unsaturated/α-hetero) is 2. The fraction of sp³-hybridized carbons (Fsp3) is 0.897. The zero-order valence-corrected chi connectivity index (χ0v) is 33.1. The third kappa shape index (κ3) is 18.2. The summed E-state index contributed by atoms with van der Waals surface area (Å²) in [5, 5.41) is 13.1. The number of carbonyl (C=O) groups excluding carboxylic acids is 4. The van der Waals surface area contributed by atoms with E-state index in [1.807, 2.05) is 48.5 Å². The van der Waals surface area contributed by atoms with E-state index < -0.39 is 28.5 Å². The normalized spacial score (nSPS) is 14.0. The van der Waals surface area contributed by atoms with E-state index in [1.165, 1.54) is 32.1 Å². The molecule has 2 unspecified atom stereocenters. The Balaban J connectivity index is 5.89. The van der Waals surface area contributed by atoms with Crippen molar-refractivity contribution in [2.45, 2.75) is 196 Å². The fourth-order valence-electron chi connectivity index (χ4n) is 6.03. The second-order valence-electron chi connectivity index (χ2n) is 16.7. The fourth-order valence-corrected chi connectivity index (χ4v) is 6.03. The lowest BCUT2D eigenvalue weighted by molar-refractivity contribution is -0.137. The van der Waals surface area contributed by atoms with Gasteiger partial charge in [-0.05, 0) is 53.4 Å². The maximum absolute atomic E-state index is 14.5. The topological polar surface area (TPSA) is 142 Å². The molecular formula is C39H77N5O4. The van der Waals surface area contributed by atoms with Gasteiger partial charge in [0.2, 0.25) is 11.8 Å². The maximum Gasteiger partial charge on any atom is 0.220 e. The lowest BCUT2D eigenvalue weighted by atomic mass is 9.68. The Labute approximate surface area is 295 Å². The van der Waals surface area contributed by atoms with Crippen LogP contribution < -0.4 is 27.0 Å². The van der Waals surface area contributed by atoms with Gasteiger partial charge in [-0.3, -0.25) is 19.2 Å². The number of nitrogens with one attached hydrogen (secondary N) is 4. The van der Waals surface area contributed by atoms with E-state index in [0.717, 1.165) is 38.5 Å². The van der Waals surface area contributed by atoms with Crippen molar-refractivity contribution in [2.75, 3.05) is 19.6 Å². The Bertz CT molecular complexity index is 955. The van der Waals surface area contributed by atoms with Crippen LogP contribution in [0.4, 0.5) is 0 Å². The van der Waals surface area contributed by atoms with Crippen LogP contribution >= 0.6 is 0 Å². The van der Waals surface area contributed by atoms with Crippen molar-refractivity contribution in [1.29, 1.82) is 0 Å². The third-order valence-corrected chi connectivity index (χ3v) is 9.95. The molecule has 2 atom stereocenters.